The molecule has 0 spiro atoms. The maximum Gasteiger partial charge on any atom is 0.269 e. The van der Waals surface area contributed by atoms with E-state index in [9.17, 15) is 14.9 Å². The quantitative estimate of drug-likeness (QED) is 0.482. The minimum atomic E-state index is -0.469. The maximum atomic E-state index is 10.4. The number of aromatic amines is 1. The van der Waals surface area contributed by atoms with Crippen molar-refractivity contribution in [2.75, 3.05) is 0 Å². The minimum absolute atomic E-state index is 0.0194. The van der Waals surface area contributed by atoms with Crippen LogP contribution in [0.2, 0.25) is 0 Å². The molecule has 1 aromatic carbocycles. The topological polar surface area (TPSA) is 88.9 Å². The molecular weight excluding hydrogens is 210 g/mol. The van der Waals surface area contributed by atoms with Crippen LogP contribution in [0.15, 0.2) is 30.5 Å². The van der Waals surface area contributed by atoms with Crippen molar-refractivity contribution in [2.45, 2.75) is 0 Å². The van der Waals surface area contributed by atoms with E-state index in [4.69, 9.17) is 0 Å². The Morgan fingerprint density at radius 1 is 1.31 bits per heavy atom. The number of hydrogen-bond donors (Lipinski definition) is 1. The van der Waals surface area contributed by atoms with Crippen molar-refractivity contribution in [3.8, 4) is 11.4 Å². The Labute approximate surface area is 90.1 Å². The molecule has 2 rings (SSSR count). The summed E-state index contributed by atoms with van der Waals surface area (Å²) in [6, 6.07) is 5.92. The molecule has 0 bridgehead atoms. The van der Waals surface area contributed by atoms with Gasteiger partial charge < -0.3 is 4.98 Å². The highest BCUT2D eigenvalue weighted by atomic mass is 16.6. The number of rotatable bonds is 3. The molecule has 0 aliphatic heterocycles. The number of imidazole rings is 1. The molecule has 6 nitrogen and oxygen atoms in total. The number of nitrogens with one attached hydrogen (secondary N) is 1. The number of aldehydes is 1. The van der Waals surface area contributed by atoms with E-state index < -0.39 is 4.92 Å². The predicted molar refractivity (Wildman–Crippen MR) is 56.1 cm³/mol. The molecule has 1 aromatic heterocycles. The second-order valence-electron chi connectivity index (χ2n) is 3.11. The maximum absolute atomic E-state index is 10.4. The van der Waals surface area contributed by atoms with Gasteiger partial charge in [0, 0.05) is 17.7 Å². The fraction of sp³-hybridized carbons (Fsp3) is 0. The zero-order chi connectivity index (χ0) is 11.5. The largest absolute Gasteiger partial charge is 0.336 e. The summed E-state index contributed by atoms with van der Waals surface area (Å²) < 4.78 is 0. The van der Waals surface area contributed by atoms with Gasteiger partial charge in [0.2, 0.25) is 0 Å². The van der Waals surface area contributed by atoms with Crippen molar-refractivity contribution in [2.24, 2.45) is 0 Å². The monoisotopic (exact) mass is 217 g/mol. The molecule has 0 amide bonds. The van der Waals surface area contributed by atoms with Gasteiger partial charge in [0.1, 0.15) is 5.82 Å². The minimum Gasteiger partial charge on any atom is -0.336 e. The van der Waals surface area contributed by atoms with Crippen molar-refractivity contribution in [1.82, 2.24) is 9.97 Å². The van der Waals surface area contributed by atoms with Crippen molar-refractivity contribution in [3.05, 3.63) is 46.3 Å². The van der Waals surface area contributed by atoms with Gasteiger partial charge in [-0.25, -0.2) is 4.98 Å². The molecule has 80 valence electrons. The standard InChI is InChI=1S/C10H7N3O3/c14-6-8-5-11-10(12-8)7-1-3-9(4-2-7)13(15)16/h1-6H,(H,11,12). The van der Waals surface area contributed by atoms with Crippen molar-refractivity contribution < 1.29 is 9.72 Å². The van der Waals surface area contributed by atoms with E-state index in [2.05, 4.69) is 9.97 Å². The molecule has 1 N–H and O–H groups in total. The molecule has 0 saturated heterocycles. The Bertz CT molecular complexity index is 530. The molecule has 0 fully saturated rings. The summed E-state index contributed by atoms with van der Waals surface area (Å²) in [6.07, 6.45) is 2.06. The summed E-state index contributed by atoms with van der Waals surface area (Å²) >= 11 is 0. The number of aromatic nitrogens is 2. The van der Waals surface area contributed by atoms with Crippen LogP contribution in [-0.4, -0.2) is 21.2 Å². The summed E-state index contributed by atoms with van der Waals surface area (Å²) in [4.78, 5) is 27.2. The number of benzene rings is 1. The van der Waals surface area contributed by atoms with Crippen LogP contribution in [0.1, 0.15) is 10.5 Å². The lowest BCUT2D eigenvalue weighted by molar-refractivity contribution is -0.384. The Morgan fingerprint density at radius 3 is 2.50 bits per heavy atom. The van der Waals surface area contributed by atoms with Gasteiger partial charge in [-0.3, -0.25) is 14.9 Å². The number of H-pyrrole nitrogens is 1. The molecule has 0 aliphatic rings. The summed E-state index contributed by atoms with van der Waals surface area (Å²) in [5.74, 6) is 0.511. The Balaban J connectivity index is 2.34. The average molecular weight is 217 g/mol. The van der Waals surface area contributed by atoms with Crippen LogP contribution in [0.25, 0.3) is 11.4 Å². The molecule has 0 unspecified atom stereocenters. The highest BCUT2D eigenvalue weighted by Gasteiger charge is 2.07. The van der Waals surface area contributed by atoms with E-state index in [0.29, 0.717) is 23.4 Å². The molecule has 0 radical (unpaired) electrons. The summed E-state index contributed by atoms with van der Waals surface area (Å²) in [7, 11) is 0. The Hall–Kier alpha value is -2.50. The van der Waals surface area contributed by atoms with Crippen LogP contribution in [0.3, 0.4) is 0 Å². The Kier molecular flexibility index (Phi) is 2.47. The molecule has 16 heavy (non-hydrogen) atoms. The van der Waals surface area contributed by atoms with Gasteiger partial charge in [-0.05, 0) is 12.1 Å². The van der Waals surface area contributed by atoms with Gasteiger partial charge >= 0.3 is 0 Å². The number of nitro benzene ring substituents is 1. The lowest BCUT2D eigenvalue weighted by Crippen LogP contribution is -1.88. The normalized spacial score (nSPS) is 10.0. The van der Waals surface area contributed by atoms with Gasteiger partial charge in [0.05, 0.1) is 16.8 Å². The summed E-state index contributed by atoms with van der Waals surface area (Å²) in [5, 5.41) is 10.4. The van der Waals surface area contributed by atoms with Crippen LogP contribution in [0, 0.1) is 10.1 Å². The second-order valence-corrected chi connectivity index (χ2v) is 3.11. The lowest BCUT2D eigenvalue weighted by Gasteiger charge is -1.95. The first-order chi connectivity index (χ1) is 7.70. The van der Waals surface area contributed by atoms with Gasteiger partial charge in [-0.15, -0.1) is 0 Å². The van der Waals surface area contributed by atoms with E-state index in [1.54, 1.807) is 12.1 Å². The second kappa shape index (κ2) is 3.93. The third kappa shape index (κ3) is 1.81. The van der Waals surface area contributed by atoms with Gasteiger partial charge in [-0.2, -0.15) is 0 Å². The first-order valence-corrected chi connectivity index (χ1v) is 4.45. The number of nitrogens with zero attached hydrogens (tertiary/aromatic N) is 2. The fourth-order valence-electron chi connectivity index (χ4n) is 1.28. The van der Waals surface area contributed by atoms with E-state index in [1.165, 1.54) is 18.3 Å². The zero-order valence-corrected chi connectivity index (χ0v) is 8.08. The van der Waals surface area contributed by atoms with Crippen LogP contribution >= 0.6 is 0 Å². The molecule has 1 heterocycles. The predicted octanol–water partition coefficient (Wildman–Crippen LogP) is 1.80. The van der Waals surface area contributed by atoms with Crippen LogP contribution in [0.4, 0.5) is 5.69 Å². The van der Waals surface area contributed by atoms with E-state index in [0.717, 1.165) is 0 Å². The Morgan fingerprint density at radius 2 is 2.00 bits per heavy atom. The first kappa shape index (κ1) is 10.0. The summed E-state index contributed by atoms with van der Waals surface area (Å²) in [5.41, 5.74) is 1.08. The first-order valence-electron chi connectivity index (χ1n) is 4.45. The third-order valence-corrected chi connectivity index (χ3v) is 2.07. The van der Waals surface area contributed by atoms with Crippen molar-refractivity contribution in [1.29, 1.82) is 0 Å². The van der Waals surface area contributed by atoms with Crippen LogP contribution in [-0.2, 0) is 0 Å². The van der Waals surface area contributed by atoms with Gasteiger partial charge in [0.15, 0.2) is 6.29 Å². The third-order valence-electron chi connectivity index (χ3n) is 2.07. The van der Waals surface area contributed by atoms with E-state index >= 15 is 0 Å². The highest BCUT2D eigenvalue weighted by molar-refractivity contribution is 5.73. The molecule has 2 aromatic rings. The molecule has 6 heteroatoms. The van der Waals surface area contributed by atoms with E-state index in [1.807, 2.05) is 0 Å². The van der Waals surface area contributed by atoms with Crippen molar-refractivity contribution >= 4 is 12.0 Å². The van der Waals surface area contributed by atoms with Gasteiger partial charge in [-0.1, -0.05) is 0 Å². The number of non-ortho nitro benzene ring substituents is 1. The molecule has 0 atom stereocenters. The number of carbonyl (C=O) groups is 1. The highest BCUT2D eigenvalue weighted by Crippen LogP contribution is 2.19. The SMILES string of the molecule is O=Cc1cnc(-c2ccc([N+](=O)[O-])cc2)[nH]1. The summed E-state index contributed by atoms with van der Waals surface area (Å²) in [6.45, 7) is 0. The number of carbonyl (C=O) groups excluding carboxylic acids is 1. The molecular formula is C10H7N3O3. The van der Waals surface area contributed by atoms with Gasteiger partial charge in [0.25, 0.3) is 5.69 Å². The smallest absolute Gasteiger partial charge is 0.269 e. The van der Waals surface area contributed by atoms with Crippen LogP contribution in [0.5, 0.6) is 0 Å². The molecule has 0 saturated carbocycles. The van der Waals surface area contributed by atoms with Crippen molar-refractivity contribution in [3.63, 3.8) is 0 Å². The van der Waals surface area contributed by atoms with Crippen LogP contribution < -0.4 is 0 Å². The average Bonchev–Trinajstić information content (AvgIpc) is 2.77. The van der Waals surface area contributed by atoms with E-state index in [-0.39, 0.29) is 5.69 Å². The lowest BCUT2D eigenvalue weighted by atomic mass is 10.2. The number of nitro groups is 1. The zero-order valence-electron chi connectivity index (χ0n) is 8.08. The molecule has 0 aliphatic carbocycles. The number of hydrogen-bond acceptors (Lipinski definition) is 4. The fourth-order valence-corrected chi connectivity index (χ4v) is 1.28.